The molecule has 1 aliphatic carbocycles. The minimum Gasteiger partial charge on any atom is -0.355 e. The number of hydrogen-bond donors (Lipinski definition) is 1. The van der Waals surface area contributed by atoms with Gasteiger partial charge in [-0.15, -0.1) is 0 Å². The van der Waals surface area contributed by atoms with Crippen molar-refractivity contribution < 1.29 is 14.1 Å². The maximum absolute atomic E-state index is 12.8. The van der Waals surface area contributed by atoms with Crippen molar-refractivity contribution in [3.05, 3.63) is 71.9 Å². The second kappa shape index (κ2) is 8.95. The van der Waals surface area contributed by atoms with Gasteiger partial charge in [-0.3, -0.25) is 9.59 Å². The summed E-state index contributed by atoms with van der Waals surface area (Å²) in [6, 6.07) is 18.4. The Bertz CT molecular complexity index is 1010. The summed E-state index contributed by atoms with van der Waals surface area (Å²) in [6.07, 6.45) is 5.76. The third kappa shape index (κ3) is 4.43. The second-order valence-electron chi connectivity index (χ2n) is 7.68. The summed E-state index contributed by atoms with van der Waals surface area (Å²) in [5, 5.41) is 6.66. The number of nitrogens with one attached hydrogen (secondary N) is 1. The Balaban J connectivity index is 1.39. The van der Waals surface area contributed by atoms with Gasteiger partial charge in [0.1, 0.15) is 0 Å². The largest absolute Gasteiger partial charge is 0.355 e. The second-order valence-corrected chi connectivity index (χ2v) is 7.68. The van der Waals surface area contributed by atoms with Gasteiger partial charge in [0.15, 0.2) is 11.5 Å². The molecule has 6 nitrogen and oxygen atoms in total. The summed E-state index contributed by atoms with van der Waals surface area (Å²) in [4.78, 5) is 27.1. The van der Waals surface area contributed by atoms with Gasteiger partial charge in [-0.2, -0.15) is 0 Å². The molecule has 4 rings (SSSR count). The summed E-state index contributed by atoms with van der Waals surface area (Å²) in [5.41, 5.74) is 2.27. The van der Waals surface area contributed by atoms with Crippen LogP contribution >= 0.6 is 0 Å². The normalized spacial score (nSPS) is 14.3. The van der Waals surface area contributed by atoms with E-state index in [1.165, 1.54) is 19.3 Å². The van der Waals surface area contributed by atoms with Crippen molar-refractivity contribution in [3.63, 3.8) is 0 Å². The molecule has 2 aromatic carbocycles. The third-order valence-electron chi connectivity index (χ3n) is 5.63. The van der Waals surface area contributed by atoms with E-state index in [0.717, 1.165) is 18.4 Å². The number of carbonyl (C=O) groups is 2. The van der Waals surface area contributed by atoms with Crippen LogP contribution in [-0.2, 0) is 0 Å². The van der Waals surface area contributed by atoms with Crippen LogP contribution in [0.5, 0.6) is 0 Å². The van der Waals surface area contributed by atoms with Gasteiger partial charge in [0.05, 0.1) is 0 Å². The lowest BCUT2D eigenvalue weighted by Crippen LogP contribution is -2.38. The average molecular weight is 403 g/mol. The lowest BCUT2D eigenvalue weighted by molar-refractivity contribution is 0.0696. The first-order valence-corrected chi connectivity index (χ1v) is 10.3. The fourth-order valence-corrected chi connectivity index (χ4v) is 3.85. The van der Waals surface area contributed by atoms with Crippen LogP contribution in [0.1, 0.15) is 53.0 Å². The van der Waals surface area contributed by atoms with Gasteiger partial charge in [-0.1, -0.05) is 54.8 Å². The van der Waals surface area contributed by atoms with Crippen LogP contribution in [0.3, 0.4) is 0 Å². The van der Waals surface area contributed by atoms with Crippen molar-refractivity contribution in [2.75, 3.05) is 12.4 Å². The summed E-state index contributed by atoms with van der Waals surface area (Å²) >= 11 is 0. The Morgan fingerprint density at radius 2 is 1.70 bits per heavy atom. The van der Waals surface area contributed by atoms with Crippen molar-refractivity contribution >= 4 is 17.5 Å². The number of aromatic nitrogens is 1. The summed E-state index contributed by atoms with van der Waals surface area (Å²) < 4.78 is 5.28. The van der Waals surface area contributed by atoms with E-state index in [4.69, 9.17) is 4.52 Å². The summed E-state index contributed by atoms with van der Waals surface area (Å²) in [5.74, 6) is 0.190. The monoisotopic (exact) mass is 403 g/mol. The highest BCUT2D eigenvalue weighted by Gasteiger charge is 2.23. The highest BCUT2D eigenvalue weighted by Crippen LogP contribution is 2.24. The molecule has 1 aromatic heterocycles. The molecule has 0 saturated heterocycles. The van der Waals surface area contributed by atoms with E-state index in [1.54, 1.807) is 30.3 Å². The Kier molecular flexibility index (Phi) is 5.93. The maximum atomic E-state index is 12.8. The standard InChI is InChI=1S/C24H25N3O3/c1-27(20-10-6-3-7-11-20)24(29)18-12-14-19(15-13-18)25-23(28)21-16-22(30-26-21)17-8-4-2-5-9-17/h2,4-5,8-9,12-16,20H,3,6-7,10-11H2,1H3,(H,25,28). The van der Waals surface area contributed by atoms with E-state index in [1.807, 2.05) is 42.3 Å². The van der Waals surface area contributed by atoms with Crippen LogP contribution in [-0.4, -0.2) is 35.0 Å². The smallest absolute Gasteiger partial charge is 0.277 e. The number of anilines is 1. The highest BCUT2D eigenvalue weighted by atomic mass is 16.5. The molecule has 2 amide bonds. The van der Waals surface area contributed by atoms with Gasteiger partial charge in [0.25, 0.3) is 11.8 Å². The van der Waals surface area contributed by atoms with Crippen LogP contribution in [0.2, 0.25) is 0 Å². The zero-order valence-electron chi connectivity index (χ0n) is 17.0. The highest BCUT2D eigenvalue weighted by molar-refractivity contribution is 6.03. The topological polar surface area (TPSA) is 75.4 Å². The molecule has 0 radical (unpaired) electrons. The van der Waals surface area contributed by atoms with E-state index in [9.17, 15) is 9.59 Å². The molecule has 0 bridgehead atoms. The fraction of sp³-hybridized carbons (Fsp3) is 0.292. The molecule has 1 heterocycles. The van der Waals surface area contributed by atoms with E-state index >= 15 is 0 Å². The van der Waals surface area contributed by atoms with Gasteiger partial charge in [0, 0.05) is 36.0 Å². The van der Waals surface area contributed by atoms with Crippen LogP contribution in [0, 0.1) is 0 Å². The Hall–Kier alpha value is -3.41. The molecule has 154 valence electrons. The first-order chi connectivity index (χ1) is 14.6. The van der Waals surface area contributed by atoms with E-state index in [2.05, 4.69) is 10.5 Å². The fourth-order valence-electron chi connectivity index (χ4n) is 3.85. The molecule has 0 spiro atoms. The molecule has 1 N–H and O–H groups in total. The van der Waals surface area contributed by atoms with Crippen LogP contribution < -0.4 is 5.32 Å². The molecule has 30 heavy (non-hydrogen) atoms. The zero-order valence-corrected chi connectivity index (χ0v) is 17.0. The molecule has 3 aromatic rings. The number of rotatable bonds is 5. The lowest BCUT2D eigenvalue weighted by Gasteiger charge is -2.31. The van der Waals surface area contributed by atoms with Crippen LogP contribution in [0.4, 0.5) is 5.69 Å². The number of amides is 2. The lowest BCUT2D eigenvalue weighted by atomic mass is 9.94. The van der Waals surface area contributed by atoms with Crippen LogP contribution in [0.25, 0.3) is 11.3 Å². The molecule has 1 aliphatic rings. The molecular weight excluding hydrogens is 378 g/mol. The average Bonchev–Trinajstić information content (AvgIpc) is 3.30. The predicted octanol–water partition coefficient (Wildman–Crippen LogP) is 5.00. The SMILES string of the molecule is CN(C(=O)c1ccc(NC(=O)c2cc(-c3ccccc3)on2)cc1)C1CCCCC1. The Morgan fingerprint density at radius 3 is 2.40 bits per heavy atom. The first-order valence-electron chi connectivity index (χ1n) is 10.3. The van der Waals surface area contributed by atoms with Gasteiger partial charge in [0.2, 0.25) is 0 Å². The first kappa shape index (κ1) is 19.9. The van der Waals surface area contributed by atoms with Crippen molar-refractivity contribution in [1.82, 2.24) is 10.1 Å². The molecule has 1 saturated carbocycles. The van der Waals surface area contributed by atoms with Gasteiger partial charge in [-0.25, -0.2) is 0 Å². The minimum absolute atomic E-state index is 0.0174. The molecule has 6 heteroatoms. The molecule has 0 unspecified atom stereocenters. The summed E-state index contributed by atoms with van der Waals surface area (Å²) in [7, 11) is 1.88. The number of nitrogens with zero attached hydrogens (tertiary/aromatic N) is 2. The van der Waals surface area contributed by atoms with E-state index < -0.39 is 0 Å². The quantitative estimate of drug-likeness (QED) is 0.651. The molecular formula is C24H25N3O3. The minimum atomic E-state index is -0.362. The zero-order chi connectivity index (χ0) is 20.9. The van der Waals surface area contributed by atoms with Crippen molar-refractivity contribution in [2.45, 2.75) is 38.1 Å². The number of benzene rings is 2. The number of carbonyl (C=O) groups excluding carboxylic acids is 2. The van der Waals surface area contributed by atoms with Crippen molar-refractivity contribution in [1.29, 1.82) is 0 Å². The van der Waals surface area contributed by atoms with Crippen molar-refractivity contribution in [2.24, 2.45) is 0 Å². The van der Waals surface area contributed by atoms with E-state index in [-0.39, 0.29) is 17.5 Å². The Labute approximate surface area is 175 Å². The molecule has 0 atom stereocenters. The Morgan fingerprint density at radius 1 is 1.00 bits per heavy atom. The van der Waals surface area contributed by atoms with Gasteiger partial charge in [-0.05, 0) is 37.1 Å². The van der Waals surface area contributed by atoms with Gasteiger partial charge >= 0.3 is 0 Å². The molecule has 0 aliphatic heterocycles. The summed E-state index contributed by atoms with van der Waals surface area (Å²) in [6.45, 7) is 0. The van der Waals surface area contributed by atoms with Gasteiger partial charge < -0.3 is 14.7 Å². The third-order valence-corrected chi connectivity index (χ3v) is 5.63. The van der Waals surface area contributed by atoms with Crippen LogP contribution in [0.15, 0.2) is 65.2 Å². The van der Waals surface area contributed by atoms with Crippen molar-refractivity contribution in [3.8, 4) is 11.3 Å². The molecule has 1 fully saturated rings. The number of hydrogen-bond acceptors (Lipinski definition) is 4. The van der Waals surface area contributed by atoms with E-state index in [0.29, 0.717) is 23.1 Å². The maximum Gasteiger partial charge on any atom is 0.277 e. The predicted molar refractivity (Wildman–Crippen MR) is 115 cm³/mol.